The molecule has 0 aliphatic heterocycles. The molecule has 0 N–H and O–H groups in total. The Morgan fingerprint density at radius 2 is 0.485 bits per heavy atom. The monoisotopic (exact) mass is 866 g/mol. The number of aromatic nitrogens is 3. The molecule has 0 saturated heterocycles. The van der Waals surface area contributed by atoms with E-state index in [-0.39, 0.29) is 0 Å². The Morgan fingerprint density at radius 1 is 0.227 bits per heavy atom. The van der Waals surface area contributed by atoms with Crippen molar-refractivity contribution in [1.29, 1.82) is 0 Å². The van der Waals surface area contributed by atoms with Gasteiger partial charge in [-0.25, -0.2) is 15.0 Å². The quantitative estimate of drug-likeness (QED) is 0.137. The molecule has 6 aromatic carbocycles. The summed E-state index contributed by atoms with van der Waals surface area (Å²) in [6, 6.07) is 53.0. The van der Waals surface area contributed by atoms with E-state index >= 15 is 0 Å². The molecule has 66 heavy (non-hydrogen) atoms. The Balaban J connectivity index is 0.996. The van der Waals surface area contributed by atoms with Crippen LogP contribution in [-0.2, 0) is 0 Å². The minimum absolute atomic E-state index is 0.658. The van der Waals surface area contributed by atoms with E-state index in [0.717, 1.165) is 16.7 Å². The lowest BCUT2D eigenvalue weighted by atomic mass is 9.78. The lowest BCUT2D eigenvalue weighted by Crippen LogP contribution is -2.08. The molecule has 0 unspecified atom stereocenters. The molecule has 0 bridgehead atoms. The summed E-state index contributed by atoms with van der Waals surface area (Å²) in [5, 5.41) is 0. The number of hydrogen-bond donors (Lipinski definition) is 0. The van der Waals surface area contributed by atoms with Gasteiger partial charge in [-0.2, -0.15) is 0 Å². The summed E-state index contributed by atoms with van der Waals surface area (Å²) in [4.78, 5) is 16.1. The normalized spacial score (nSPS) is 18.1. The molecule has 0 spiro atoms. The zero-order valence-electron chi connectivity index (χ0n) is 39.1. The van der Waals surface area contributed by atoms with E-state index in [4.69, 9.17) is 15.0 Å². The smallest absolute Gasteiger partial charge is 0.164 e. The van der Waals surface area contributed by atoms with Gasteiger partial charge in [-0.05, 0) is 149 Å². The first kappa shape index (κ1) is 42.9. The second kappa shape index (κ2) is 20.1. The van der Waals surface area contributed by atoms with Gasteiger partial charge >= 0.3 is 0 Å². The third-order valence-electron chi connectivity index (χ3n) is 16.1. The molecular weight excluding hydrogens is 799 g/mol. The van der Waals surface area contributed by atoms with Crippen LogP contribution >= 0.6 is 0 Å². The van der Waals surface area contributed by atoms with Gasteiger partial charge in [-0.1, -0.05) is 198 Å². The first-order valence-corrected chi connectivity index (χ1v) is 26.1. The van der Waals surface area contributed by atoms with Gasteiger partial charge in [-0.15, -0.1) is 0 Å². The van der Waals surface area contributed by atoms with Crippen LogP contribution in [0.2, 0.25) is 0 Å². The maximum atomic E-state index is 5.36. The Morgan fingerprint density at radius 3 is 0.833 bits per heavy atom. The summed E-state index contributed by atoms with van der Waals surface area (Å²) < 4.78 is 0. The van der Waals surface area contributed by atoms with Gasteiger partial charge in [0.25, 0.3) is 0 Å². The maximum absolute atomic E-state index is 5.36. The van der Waals surface area contributed by atoms with Crippen LogP contribution < -0.4 is 0 Å². The van der Waals surface area contributed by atoms with Crippen molar-refractivity contribution < 1.29 is 0 Å². The zero-order valence-corrected chi connectivity index (χ0v) is 39.1. The summed E-state index contributed by atoms with van der Waals surface area (Å²) in [5.41, 5.74) is 16.6. The second-order valence-electron chi connectivity index (χ2n) is 20.5. The summed E-state index contributed by atoms with van der Waals surface area (Å²) in [6.45, 7) is 0. The van der Waals surface area contributed by atoms with Crippen LogP contribution in [0.25, 0.3) is 67.5 Å². The largest absolute Gasteiger partial charge is 0.208 e. The molecule has 4 fully saturated rings. The van der Waals surface area contributed by atoms with E-state index < -0.39 is 0 Å². The third kappa shape index (κ3) is 9.74. The molecule has 1 heterocycles. The van der Waals surface area contributed by atoms with E-state index in [2.05, 4.69) is 140 Å². The molecule has 334 valence electrons. The number of nitrogens with zero attached hydrogens (tertiary/aromatic N) is 3. The van der Waals surface area contributed by atoms with Gasteiger partial charge < -0.3 is 0 Å². The van der Waals surface area contributed by atoms with Crippen LogP contribution in [0, 0.1) is 0 Å². The molecule has 3 nitrogen and oxygen atoms in total. The lowest BCUT2D eigenvalue weighted by molar-refractivity contribution is 0.435. The van der Waals surface area contributed by atoms with Crippen molar-refractivity contribution in [3.63, 3.8) is 0 Å². The molecule has 1 aromatic heterocycles. The summed E-state index contributed by atoms with van der Waals surface area (Å²) in [6.07, 6.45) is 26.6. The van der Waals surface area contributed by atoms with Gasteiger partial charge in [0.2, 0.25) is 0 Å². The highest BCUT2D eigenvalue weighted by atomic mass is 15.0. The van der Waals surface area contributed by atoms with Gasteiger partial charge in [0.1, 0.15) is 0 Å². The average molecular weight is 866 g/mol. The van der Waals surface area contributed by atoms with Crippen LogP contribution in [0.5, 0.6) is 0 Å². The Hall–Kier alpha value is -5.67. The van der Waals surface area contributed by atoms with Crippen molar-refractivity contribution in [2.45, 2.75) is 152 Å². The van der Waals surface area contributed by atoms with E-state index in [1.54, 1.807) is 11.1 Å². The number of rotatable bonds is 10. The lowest BCUT2D eigenvalue weighted by Gasteiger charge is -2.27. The highest BCUT2D eigenvalue weighted by molar-refractivity contribution is 5.77. The van der Waals surface area contributed by atoms with Crippen molar-refractivity contribution in [2.75, 3.05) is 0 Å². The van der Waals surface area contributed by atoms with Gasteiger partial charge in [0.05, 0.1) is 0 Å². The molecule has 11 rings (SSSR count). The Bertz CT molecular complexity index is 2600. The van der Waals surface area contributed by atoms with Crippen LogP contribution in [0.1, 0.15) is 174 Å². The molecule has 0 amide bonds. The topological polar surface area (TPSA) is 38.7 Å². The molecule has 0 atom stereocenters. The van der Waals surface area contributed by atoms with Crippen LogP contribution in [0.15, 0.2) is 140 Å². The van der Waals surface area contributed by atoms with Crippen molar-refractivity contribution in [1.82, 2.24) is 15.0 Å². The van der Waals surface area contributed by atoms with Gasteiger partial charge in [-0.3, -0.25) is 0 Å². The molecule has 4 aliphatic carbocycles. The van der Waals surface area contributed by atoms with E-state index in [1.807, 2.05) is 0 Å². The molecule has 7 aromatic rings. The molecule has 4 aliphatic rings. The van der Waals surface area contributed by atoms with E-state index in [1.165, 1.54) is 173 Å². The predicted octanol–water partition coefficient (Wildman–Crippen LogP) is 18.1. The maximum Gasteiger partial charge on any atom is 0.164 e. The van der Waals surface area contributed by atoms with Crippen LogP contribution in [-0.4, -0.2) is 15.0 Å². The van der Waals surface area contributed by atoms with Gasteiger partial charge in [0, 0.05) is 16.7 Å². The molecule has 0 radical (unpaired) electrons. The SMILES string of the molecule is c1cc(-c2cccc(C3CCCCC3)c2)cc(-c2nc(-c3cccc(-c4cccc(C5CCCCC5)c4)c3)nc(-c3cccc(-c4cc(C5CCCCC5)cc(C5CCCCC5)c4)c3)n2)c1. The fourth-order valence-electron chi connectivity index (χ4n) is 12.3. The predicted molar refractivity (Wildman–Crippen MR) is 276 cm³/mol. The van der Waals surface area contributed by atoms with Crippen LogP contribution in [0.4, 0.5) is 0 Å². The summed E-state index contributed by atoms with van der Waals surface area (Å²) in [7, 11) is 0. The molecular formula is C63H67N3. The van der Waals surface area contributed by atoms with Crippen molar-refractivity contribution in [2.24, 2.45) is 0 Å². The fourth-order valence-corrected chi connectivity index (χ4v) is 12.3. The van der Waals surface area contributed by atoms with E-state index in [0.29, 0.717) is 41.1 Å². The second-order valence-corrected chi connectivity index (χ2v) is 20.5. The first-order chi connectivity index (χ1) is 32.7. The standard InChI is InChI=1S/C63H67N3/c1-5-18-44(19-6-1)48-26-13-28-50(36-48)52-30-15-33-55(38-52)61-64-62(56-34-16-31-53(39-56)51-29-14-27-49(37-51)45-20-7-2-8-21-45)66-63(65-61)57-35-17-32-54(40-57)60-42-58(46-22-9-3-10-23-46)41-59(43-60)47-24-11-4-12-25-47/h13-17,26-47H,1-12,18-25H2. The highest BCUT2D eigenvalue weighted by Gasteiger charge is 2.23. The minimum atomic E-state index is 0.658. The Labute approximate surface area is 394 Å². The number of hydrogen-bond acceptors (Lipinski definition) is 3. The van der Waals surface area contributed by atoms with Crippen molar-refractivity contribution >= 4 is 0 Å². The average Bonchev–Trinajstić information content (AvgIpc) is 3.42. The van der Waals surface area contributed by atoms with Crippen molar-refractivity contribution in [3.05, 3.63) is 162 Å². The highest BCUT2D eigenvalue weighted by Crippen LogP contribution is 2.42. The summed E-state index contributed by atoms with van der Waals surface area (Å²) >= 11 is 0. The zero-order chi connectivity index (χ0) is 44.1. The minimum Gasteiger partial charge on any atom is -0.208 e. The fraction of sp³-hybridized carbons (Fsp3) is 0.381. The van der Waals surface area contributed by atoms with E-state index in [9.17, 15) is 0 Å². The van der Waals surface area contributed by atoms with Gasteiger partial charge in [0.15, 0.2) is 17.5 Å². The molecule has 3 heteroatoms. The summed E-state index contributed by atoms with van der Waals surface area (Å²) in [5.74, 6) is 4.75. The third-order valence-corrected chi connectivity index (χ3v) is 16.1. The Kier molecular flexibility index (Phi) is 13.0. The van der Waals surface area contributed by atoms with Crippen LogP contribution in [0.3, 0.4) is 0 Å². The first-order valence-electron chi connectivity index (χ1n) is 26.1. The number of benzene rings is 6. The molecule has 4 saturated carbocycles. The van der Waals surface area contributed by atoms with Crippen molar-refractivity contribution in [3.8, 4) is 67.5 Å².